The maximum absolute atomic E-state index is 11.3. The van der Waals surface area contributed by atoms with Crippen LogP contribution in [0, 0.1) is 0 Å². The number of benzene rings is 1. The number of anilines is 1. The molecule has 0 heterocycles. The highest BCUT2D eigenvalue weighted by Crippen LogP contribution is 2.25. The molecule has 1 aromatic carbocycles. The number of rotatable bonds is 9. The van der Waals surface area contributed by atoms with Crippen molar-refractivity contribution >= 4 is 11.7 Å². The Labute approximate surface area is 121 Å². The topological polar surface area (TPSA) is 58.6 Å². The molecule has 2 N–H and O–H groups in total. The maximum Gasteiger partial charge on any atom is 0.337 e. The first-order valence-corrected chi connectivity index (χ1v) is 7.30. The zero-order valence-electron chi connectivity index (χ0n) is 12.6. The van der Waals surface area contributed by atoms with Gasteiger partial charge in [0, 0.05) is 12.1 Å². The number of hydrogen-bond donors (Lipinski definition) is 2. The molecule has 0 saturated carbocycles. The van der Waals surface area contributed by atoms with Crippen molar-refractivity contribution in [3.05, 3.63) is 23.8 Å². The molecule has 1 aromatic rings. The van der Waals surface area contributed by atoms with E-state index in [1.54, 1.807) is 25.3 Å². The Kier molecular flexibility index (Phi) is 6.91. The quantitative estimate of drug-likeness (QED) is 0.712. The summed E-state index contributed by atoms with van der Waals surface area (Å²) >= 11 is 0. The number of methoxy groups -OCH3 is 1. The highest BCUT2D eigenvalue weighted by Gasteiger charge is 2.14. The van der Waals surface area contributed by atoms with Crippen molar-refractivity contribution < 1.29 is 14.6 Å². The van der Waals surface area contributed by atoms with Crippen molar-refractivity contribution in [3.63, 3.8) is 0 Å². The molecular weight excluding hydrogens is 254 g/mol. The Balaban J connectivity index is 2.93. The van der Waals surface area contributed by atoms with Crippen LogP contribution in [-0.4, -0.2) is 24.2 Å². The van der Waals surface area contributed by atoms with Crippen molar-refractivity contribution in [1.82, 2.24) is 0 Å². The summed E-state index contributed by atoms with van der Waals surface area (Å²) in [4.78, 5) is 11.3. The molecule has 0 aliphatic carbocycles. The van der Waals surface area contributed by atoms with Crippen LogP contribution in [-0.2, 0) is 0 Å². The Morgan fingerprint density at radius 2 is 2.05 bits per heavy atom. The van der Waals surface area contributed by atoms with Gasteiger partial charge in [-0.1, -0.05) is 33.1 Å². The summed E-state index contributed by atoms with van der Waals surface area (Å²) in [6, 6.07) is 5.34. The number of nitrogens with one attached hydrogen (secondary N) is 1. The normalized spacial score (nSPS) is 11.9. The monoisotopic (exact) mass is 279 g/mol. The van der Waals surface area contributed by atoms with Gasteiger partial charge in [0.25, 0.3) is 0 Å². The van der Waals surface area contributed by atoms with Gasteiger partial charge in [0.15, 0.2) is 0 Å². The fourth-order valence-corrected chi connectivity index (χ4v) is 2.26. The largest absolute Gasteiger partial charge is 0.497 e. The summed E-state index contributed by atoms with van der Waals surface area (Å²) in [7, 11) is 1.58. The molecule has 112 valence electrons. The van der Waals surface area contributed by atoms with E-state index in [1.165, 1.54) is 0 Å². The van der Waals surface area contributed by atoms with E-state index in [1.807, 2.05) is 0 Å². The van der Waals surface area contributed by atoms with Gasteiger partial charge in [-0.25, -0.2) is 4.79 Å². The number of ether oxygens (including phenoxy) is 1. The van der Waals surface area contributed by atoms with Gasteiger partial charge in [0.1, 0.15) is 5.75 Å². The van der Waals surface area contributed by atoms with Gasteiger partial charge in [-0.15, -0.1) is 0 Å². The summed E-state index contributed by atoms with van der Waals surface area (Å²) in [5.74, 6) is -0.246. The van der Waals surface area contributed by atoms with E-state index in [9.17, 15) is 9.90 Å². The zero-order chi connectivity index (χ0) is 15.0. The van der Waals surface area contributed by atoms with E-state index in [-0.39, 0.29) is 0 Å². The van der Waals surface area contributed by atoms with Crippen molar-refractivity contribution in [2.24, 2.45) is 0 Å². The van der Waals surface area contributed by atoms with Gasteiger partial charge < -0.3 is 15.2 Å². The lowest BCUT2D eigenvalue weighted by molar-refractivity contribution is 0.0698. The lowest BCUT2D eigenvalue weighted by atomic mass is 10.0. The van der Waals surface area contributed by atoms with E-state index in [4.69, 9.17) is 4.74 Å². The fraction of sp³-hybridized carbons (Fsp3) is 0.562. The predicted octanol–water partition coefficient (Wildman–Crippen LogP) is 4.16. The van der Waals surface area contributed by atoms with Gasteiger partial charge in [-0.3, -0.25) is 0 Å². The smallest absolute Gasteiger partial charge is 0.337 e. The zero-order valence-corrected chi connectivity index (χ0v) is 12.6. The minimum absolute atomic E-state index is 0.295. The van der Waals surface area contributed by atoms with Crippen LogP contribution in [0.25, 0.3) is 0 Å². The lowest BCUT2D eigenvalue weighted by Gasteiger charge is -2.21. The molecule has 0 aliphatic heterocycles. The highest BCUT2D eigenvalue weighted by molar-refractivity contribution is 5.94. The second-order valence-electron chi connectivity index (χ2n) is 4.99. The summed E-state index contributed by atoms with van der Waals surface area (Å²) in [6.45, 7) is 4.31. The molecule has 1 atom stereocenters. The van der Waals surface area contributed by atoms with Crippen LogP contribution in [0.4, 0.5) is 5.69 Å². The van der Waals surface area contributed by atoms with E-state index < -0.39 is 5.97 Å². The summed E-state index contributed by atoms with van der Waals surface area (Å²) < 4.78 is 5.18. The second-order valence-corrected chi connectivity index (χ2v) is 4.99. The standard InChI is InChI=1S/C16H25NO3/c1-4-6-8-12(7-5-2)17-15-11-13(20-3)9-10-14(15)16(18)19/h9-12,17H,4-8H2,1-3H3,(H,18,19). The molecule has 20 heavy (non-hydrogen) atoms. The highest BCUT2D eigenvalue weighted by atomic mass is 16.5. The molecular formula is C16H25NO3. The third-order valence-electron chi connectivity index (χ3n) is 3.36. The Bertz CT molecular complexity index is 432. The van der Waals surface area contributed by atoms with Gasteiger partial charge in [0.05, 0.1) is 18.4 Å². The first-order valence-electron chi connectivity index (χ1n) is 7.30. The first kappa shape index (κ1) is 16.3. The van der Waals surface area contributed by atoms with Crippen molar-refractivity contribution in [2.75, 3.05) is 12.4 Å². The molecule has 0 bridgehead atoms. The molecule has 0 spiro atoms. The summed E-state index contributed by atoms with van der Waals surface area (Å²) in [5.41, 5.74) is 0.940. The van der Waals surface area contributed by atoms with Crippen molar-refractivity contribution in [1.29, 1.82) is 0 Å². The predicted molar refractivity (Wildman–Crippen MR) is 81.8 cm³/mol. The lowest BCUT2D eigenvalue weighted by Crippen LogP contribution is -2.21. The van der Waals surface area contributed by atoms with E-state index >= 15 is 0 Å². The number of unbranched alkanes of at least 4 members (excludes halogenated alkanes) is 1. The van der Waals surface area contributed by atoms with Gasteiger partial charge in [-0.2, -0.15) is 0 Å². The SMILES string of the molecule is CCCCC(CCC)Nc1cc(OC)ccc1C(=O)O. The average Bonchev–Trinajstić information content (AvgIpc) is 2.44. The average molecular weight is 279 g/mol. The van der Waals surface area contributed by atoms with Crippen LogP contribution in [0.3, 0.4) is 0 Å². The number of hydrogen-bond acceptors (Lipinski definition) is 3. The Hall–Kier alpha value is -1.71. The van der Waals surface area contributed by atoms with Crippen LogP contribution in [0.2, 0.25) is 0 Å². The Morgan fingerprint density at radius 1 is 1.30 bits per heavy atom. The van der Waals surface area contributed by atoms with Crippen molar-refractivity contribution in [2.45, 2.75) is 52.0 Å². The van der Waals surface area contributed by atoms with E-state index in [2.05, 4.69) is 19.2 Å². The van der Waals surface area contributed by atoms with Gasteiger partial charge >= 0.3 is 5.97 Å². The molecule has 0 fully saturated rings. The Morgan fingerprint density at radius 3 is 2.60 bits per heavy atom. The molecule has 4 heteroatoms. The van der Waals surface area contributed by atoms with Gasteiger partial charge in [-0.05, 0) is 25.0 Å². The third-order valence-corrected chi connectivity index (χ3v) is 3.36. The number of carboxylic acid groups (broad SMARTS) is 1. The minimum atomic E-state index is -0.916. The van der Waals surface area contributed by atoms with Crippen molar-refractivity contribution in [3.8, 4) is 5.75 Å². The molecule has 0 radical (unpaired) electrons. The molecule has 0 saturated heterocycles. The van der Waals surface area contributed by atoms with E-state index in [0.29, 0.717) is 23.0 Å². The fourth-order valence-electron chi connectivity index (χ4n) is 2.26. The minimum Gasteiger partial charge on any atom is -0.497 e. The van der Waals surface area contributed by atoms with Crippen LogP contribution in [0.5, 0.6) is 5.75 Å². The van der Waals surface area contributed by atoms with E-state index in [0.717, 1.165) is 32.1 Å². The molecule has 0 aliphatic rings. The summed E-state index contributed by atoms with van der Waals surface area (Å²) in [6.07, 6.45) is 5.46. The van der Waals surface area contributed by atoms with Crippen LogP contribution in [0.15, 0.2) is 18.2 Å². The number of carboxylic acids is 1. The number of carbonyl (C=O) groups is 1. The van der Waals surface area contributed by atoms with Crippen LogP contribution in [0.1, 0.15) is 56.3 Å². The van der Waals surface area contributed by atoms with Gasteiger partial charge in [0.2, 0.25) is 0 Å². The summed E-state index contributed by atoms with van der Waals surface area (Å²) in [5, 5.41) is 12.6. The first-order chi connectivity index (χ1) is 9.62. The van der Waals surface area contributed by atoms with Crippen LogP contribution < -0.4 is 10.1 Å². The molecule has 1 unspecified atom stereocenters. The molecule has 1 rings (SSSR count). The second kappa shape index (κ2) is 8.46. The molecule has 4 nitrogen and oxygen atoms in total. The maximum atomic E-state index is 11.3. The number of aromatic carboxylic acids is 1. The van der Waals surface area contributed by atoms with Crippen LogP contribution >= 0.6 is 0 Å². The molecule has 0 amide bonds. The molecule has 0 aromatic heterocycles. The third kappa shape index (κ3) is 4.76.